The van der Waals surface area contributed by atoms with Gasteiger partial charge in [0, 0.05) is 31.7 Å². The van der Waals surface area contributed by atoms with Crippen LogP contribution >= 0.6 is 0 Å². The average Bonchev–Trinajstić information content (AvgIpc) is 2.60. The zero-order chi connectivity index (χ0) is 17.9. The topological polar surface area (TPSA) is 75.9 Å². The molecule has 1 aromatic rings. The lowest BCUT2D eigenvalue weighted by Crippen LogP contribution is -2.55. The van der Waals surface area contributed by atoms with Gasteiger partial charge in [-0.05, 0) is 30.5 Å². The molecule has 0 spiro atoms. The Hall–Kier alpha value is -2.08. The third-order valence-electron chi connectivity index (χ3n) is 4.54. The number of carbonyl (C=O) groups excluding carboxylic acids is 2. The number of aryl methyl sites for hydroxylation is 1. The zero-order valence-electron chi connectivity index (χ0n) is 14.9. The maximum atomic E-state index is 12.6. The summed E-state index contributed by atoms with van der Waals surface area (Å²) >= 11 is 0. The summed E-state index contributed by atoms with van der Waals surface area (Å²) in [5.41, 5.74) is 7.54. The predicted molar refractivity (Wildman–Crippen MR) is 93.0 cm³/mol. The number of amides is 2. The van der Waals surface area contributed by atoms with Crippen molar-refractivity contribution in [2.24, 2.45) is 11.7 Å². The normalized spacial score (nSPS) is 16.2. The first-order valence-corrected chi connectivity index (χ1v) is 8.33. The van der Waals surface area contributed by atoms with Crippen LogP contribution in [0, 0.1) is 12.8 Å². The van der Waals surface area contributed by atoms with Crippen LogP contribution in [0.3, 0.4) is 0 Å². The Morgan fingerprint density at radius 3 is 2.25 bits per heavy atom. The molecule has 6 heteroatoms. The highest BCUT2D eigenvalue weighted by atomic mass is 16.5. The quantitative estimate of drug-likeness (QED) is 0.900. The molecule has 24 heavy (non-hydrogen) atoms. The van der Waals surface area contributed by atoms with Crippen molar-refractivity contribution in [1.29, 1.82) is 0 Å². The van der Waals surface area contributed by atoms with Crippen LogP contribution in [0.15, 0.2) is 18.2 Å². The summed E-state index contributed by atoms with van der Waals surface area (Å²) in [5, 5.41) is 0. The van der Waals surface area contributed by atoms with Gasteiger partial charge in [0.05, 0.1) is 13.2 Å². The number of nitrogens with two attached hydrogens (primary N) is 1. The smallest absolute Gasteiger partial charge is 0.254 e. The number of benzene rings is 1. The molecule has 0 aliphatic carbocycles. The van der Waals surface area contributed by atoms with Crippen LogP contribution in [-0.4, -0.2) is 60.9 Å². The highest BCUT2D eigenvalue weighted by Gasteiger charge is 2.28. The van der Waals surface area contributed by atoms with Crippen LogP contribution in [-0.2, 0) is 4.79 Å². The van der Waals surface area contributed by atoms with E-state index in [0.29, 0.717) is 37.5 Å². The number of carbonyl (C=O) groups is 2. The summed E-state index contributed by atoms with van der Waals surface area (Å²) in [6.45, 7) is 7.90. The van der Waals surface area contributed by atoms with Gasteiger partial charge in [-0.3, -0.25) is 9.59 Å². The highest BCUT2D eigenvalue weighted by Crippen LogP contribution is 2.20. The van der Waals surface area contributed by atoms with Gasteiger partial charge < -0.3 is 20.3 Å². The third-order valence-corrected chi connectivity index (χ3v) is 4.54. The molecule has 0 saturated carbocycles. The second-order valence-electron chi connectivity index (χ2n) is 6.57. The van der Waals surface area contributed by atoms with Gasteiger partial charge in [0.1, 0.15) is 5.75 Å². The number of piperazine rings is 1. The number of hydrogen-bond acceptors (Lipinski definition) is 4. The van der Waals surface area contributed by atoms with Crippen molar-refractivity contribution in [3.8, 4) is 5.75 Å². The molecule has 0 unspecified atom stereocenters. The van der Waals surface area contributed by atoms with E-state index in [1.54, 1.807) is 23.0 Å². The van der Waals surface area contributed by atoms with Crippen LogP contribution in [0.4, 0.5) is 0 Å². The number of rotatable bonds is 4. The van der Waals surface area contributed by atoms with E-state index in [9.17, 15) is 9.59 Å². The molecule has 1 aliphatic heterocycles. The fraction of sp³-hybridized carbons (Fsp3) is 0.556. The van der Waals surface area contributed by atoms with Gasteiger partial charge in [0.15, 0.2) is 0 Å². The molecular weight excluding hydrogens is 306 g/mol. The van der Waals surface area contributed by atoms with E-state index in [-0.39, 0.29) is 17.7 Å². The first-order chi connectivity index (χ1) is 11.3. The second kappa shape index (κ2) is 7.66. The van der Waals surface area contributed by atoms with E-state index in [4.69, 9.17) is 10.5 Å². The summed E-state index contributed by atoms with van der Waals surface area (Å²) in [6.07, 6.45) is 0. The largest absolute Gasteiger partial charge is 0.496 e. The van der Waals surface area contributed by atoms with Crippen molar-refractivity contribution in [2.75, 3.05) is 33.3 Å². The summed E-state index contributed by atoms with van der Waals surface area (Å²) < 4.78 is 5.28. The molecule has 0 radical (unpaired) electrons. The molecular formula is C18H27N3O3. The fourth-order valence-corrected chi connectivity index (χ4v) is 2.76. The van der Waals surface area contributed by atoms with Crippen molar-refractivity contribution in [3.63, 3.8) is 0 Å². The summed E-state index contributed by atoms with van der Waals surface area (Å²) in [4.78, 5) is 28.5. The van der Waals surface area contributed by atoms with Gasteiger partial charge in [-0.1, -0.05) is 19.9 Å². The Kier molecular flexibility index (Phi) is 5.83. The number of hydrogen-bond donors (Lipinski definition) is 1. The molecule has 2 amide bonds. The third kappa shape index (κ3) is 3.87. The Balaban J connectivity index is 1.99. The highest BCUT2D eigenvalue weighted by molar-refractivity contribution is 5.95. The fourth-order valence-electron chi connectivity index (χ4n) is 2.76. The minimum atomic E-state index is -0.478. The molecule has 2 rings (SSSR count). The monoisotopic (exact) mass is 333 g/mol. The SMILES string of the molecule is COc1cc(C(=O)N2CCN(C(=O)[C@@H](N)C(C)C)CC2)ccc1C. The lowest BCUT2D eigenvalue weighted by Gasteiger charge is -2.36. The second-order valence-corrected chi connectivity index (χ2v) is 6.57. The van der Waals surface area contributed by atoms with E-state index in [0.717, 1.165) is 5.56 Å². The predicted octanol–water partition coefficient (Wildman–Crippen LogP) is 1.27. The van der Waals surface area contributed by atoms with E-state index < -0.39 is 6.04 Å². The van der Waals surface area contributed by atoms with Gasteiger partial charge in [-0.25, -0.2) is 0 Å². The van der Waals surface area contributed by atoms with Gasteiger partial charge in [-0.2, -0.15) is 0 Å². The number of ether oxygens (including phenoxy) is 1. The summed E-state index contributed by atoms with van der Waals surface area (Å²) in [5.74, 6) is 0.748. The van der Waals surface area contributed by atoms with Gasteiger partial charge in [0.2, 0.25) is 5.91 Å². The Morgan fingerprint density at radius 1 is 1.12 bits per heavy atom. The minimum Gasteiger partial charge on any atom is -0.496 e. The molecule has 0 aromatic heterocycles. The van der Waals surface area contributed by atoms with Crippen LogP contribution in [0.1, 0.15) is 29.8 Å². The molecule has 1 aliphatic rings. The summed E-state index contributed by atoms with van der Waals surface area (Å²) in [6, 6.07) is 4.98. The van der Waals surface area contributed by atoms with E-state index >= 15 is 0 Å². The zero-order valence-corrected chi connectivity index (χ0v) is 14.9. The van der Waals surface area contributed by atoms with Crippen LogP contribution in [0.25, 0.3) is 0 Å². The molecule has 0 bridgehead atoms. The maximum Gasteiger partial charge on any atom is 0.254 e. The first-order valence-electron chi connectivity index (χ1n) is 8.33. The molecule has 132 valence electrons. The maximum absolute atomic E-state index is 12.6. The molecule has 1 saturated heterocycles. The molecule has 1 aromatic carbocycles. The van der Waals surface area contributed by atoms with Crippen molar-refractivity contribution >= 4 is 11.8 Å². The molecule has 1 heterocycles. The Labute approximate surface area is 143 Å². The standard InChI is InChI=1S/C18H27N3O3/c1-12(2)16(19)18(23)21-9-7-20(8-10-21)17(22)14-6-5-13(3)15(11-14)24-4/h5-6,11-12,16H,7-10,19H2,1-4H3/t16-/m0/s1. The Morgan fingerprint density at radius 2 is 1.71 bits per heavy atom. The van der Waals surface area contributed by atoms with E-state index in [1.165, 1.54) is 0 Å². The van der Waals surface area contributed by atoms with Gasteiger partial charge in [-0.15, -0.1) is 0 Å². The first kappa shape index (κ1) is 18.3. The number of nitrogens with zero attached hydrogens (tertiary/aromatic N) is 2. The molecule has 1 atom stereocenters. The van der Waals surface area contributed by atoms with Crippen molar-refractivity contribution in [1.82, 2.24) is 9.80 Å². The number of methoxy groups -OCH3 is 1. The van der Waals surface area contributed by atoms with Crippen LogP contribution in [0.2, 0.25) is 0 Å². The molecule has 2 N–H and O–H groups in total. The van der Waals surface area contributed by atoms with Gasteiger partial charge in [0.25, 0.3) is 5.91 Å². The lowest BCUT2D eigenvalue weighted by atomic mass is 10.0. The van der Waals surface area contributed by atoms with E-state index in [2.05, 4.69) is 0 Å². The van der Waals surface area contributed by atoms with Crippen molar-refractivity contribution in [3.05, 3.63) is 29.3 Å². The molecule has 6 nitrogen and oxygen atoms in total. The molecule has 1 fully saturated rings. The van der Waals surface area contributed by atoms with Crippen molar-refractivity contribution < 1.29 is 14.3 Å². The van der Waals surface area contributed by atoms with Crippen molar-refractivity contribution in [2.45, 2.75) is 26.8 Å². The van der Waals surface area contributed by atoms with Crippen LogP contribution in [0.5, 0.6) is 5.75 Å². The lowest BCUT2D eigenvalue weighted by molar-refractivity contribution is -0.135. The van der Waals surface area contributed by atoms with Crippen LogP contribution < -0.4 is 10.5 Å². The Bertz CT molecular complexity index is 608. The minimum absolute atomic E-state index is 0.0332. The van der Waals surface area contributed by atoms with Gasteiger partial charge >= 0.3 is 0 Å². The average molecular weight is 333 g/mol. The van der Waals surface area contributed by atoms with E-state index in [1.807, 2.05) is 32.9 Å². The summed E-state index contributed by atoms with van der Waals surface area (Å²) in [7, 11) is 1.60.